The molecule has 0 aliphatic heterocycles. The Hall–Kier alpha value is -3.79. The molecule has 6 amide bonds. The molecule has 0 aliphatic carbocycles. The Kier molecular flexibility index (Phi) is 12.7. The summed E-state index contributed by atoms with van der Waals surface area (Å²) in [5.74, 6) is -7.26. The van der Waals surface area contributed by atoms with Crippen molar-refractivity contribution in [2.24, 2.45) is 22.9 Å². The number of nitrogens with two attached hydrogens (primary N) is 4. The molecule has 0 radical (unpaired) electrons. The van der Waals surface area contributed by atoms with Crippen LogP contribution in [0.5, 0.6) is 0 Å². The topological polar surface area (TPSA) is 300 Å². The van der Waals surface area contributed by atoms with Crippen molar-refractivity contribution in [3.63, 3.8) is 0 Å². The number of hydrogen-bond donors (Lipinski definition) is 9. The molecule has 0 aliphatic rings. The van der Waals surface area contributed by atoms with Gasteiger partial charge in [0, 0.05) is 12.8 Å². The number of aliphatic hydroxyl groups is 1. The molecule has 0 saturated carbocycles. The van der Waals surface area contributed by atoms with E-state index in [0.717, 1.165) is 0 Å². The van der Waals surface area contributed by atoms with Crippen LogP contribution in [-0.4, -0.2) is 82.4 Å². The van der Waals surface area contributed by atoms with Gasteiger partial charge in [-0.3, -0.25) is 28.8 Å². The Bertz CT molecular complexity index is 774. The first-order valence-electron chi connectivity index (χ1n) is 9.63. The summed E-state index contributed by atoms with van der Waals surface area (Å²) in [5, 5.41) is 24.5. The number of nitrogens with one attached hydrogen (secondary N) is 3. The second kappa shape index (κ2) is 14.3. The fraction of sp³-hybridized carbons (Fsp3) is 0.588. The molecule has 16 nitrogen and oxygen atoms in total. The van der Waals surface area contributed by atoms with Gasteiger partial charge >= 0.3 is 5.97 Å². The van der Waals surface area contributed by atoms with Crippen LogP contribution in [0.15, 0.2) is 0 Å². The number of amides is 6. The Labute approximate surface area is 187 Å². The van der Waals surface area contributed by atoms with Crippen molar-refractivity contribution >= 4 is 41.4 Å². The van der Waals surface area contributed by atoms with Crippen molar-refractivity contribution < 1.29 is 43.8 Å². The Morgan fingerprint density at radius 1 is 0.667 bits per heavy atom. The maximum Gasteiger partial charge on any atom is 0.326 e. The van der Waals surface area contributed by atoms with E-state index < -0.39 is 78.6 Å². The third kappa shape index (κ3) is 12.0. The Balaban J connectivity index is 5.53. The van der Waals surface area contributed by atoms with Crippen LogP contribution in [0.1, 0.15) is 32.1 Å². The number of carboxylic acid groups (broad SMARTS) is 1. The highest BCUT2D eigenvalue weighted by molar-refractivity contribution is 5.96. The summed E-state index contributed by atoms with van der Waals surface area (Å²) in [4.78, 5) is 81.7. The first-order valence-corrected chi connectivity index (χ1v) is 9.63. The number of rotatable bonds is 16. The lowest BCUT2D eigenvalue weighted by Crippen LogP contribution is -2.58. The molecule has 0 bridgehead atoms. The largest absolute Gasteiger partial charge is 0.480 e. The average Bonchev–Trinajstić information content (AvgIpc) is 2.71. The highest BCUT2D eigenvalue weighted by Crippen LogP contribution is 2.03. The molecule has 186 valence electrons. The van der Waals surface area contributed by atoms with Crippen molar-refractivity contribution in [3.8, 4) is 0 Å². The Morgan fingerprint density at radius 3 is 1.52 bits per heavy atom. The van der Waals surface area contributed by atoms with Gasteiger partial charge in [-0.2, -0.15) is 0 Å². The van der Waals surface area contributed by atoms with Crippen LogP contribution in [0.25, 0.3) is 0 Å². The van der Waals surface area contributed by atoms with Gasteiger partial charge in [-0.25, -0.2) is 4.79 Å². The van der Waals surface area contributed by atoms with E-state index in [2.05, 4.69) is 16.0 Å². The van der Waals surface area contributed by atoms with Crippen molar-refractivity contribution in [1.82, 2.24) is 16.0 Å². The van der Waals surface area contributed by atoms with Gasteiger partial charge in [-0.1, -0.05) is 0 Å². The molecular weight excluding hydrogens is 446 g/mol. The highest BCUT2D eigenvalue weighted by Gasteiger charge is 2.31. The number of carbonyl (C=O) groups excluding carboxylic acids is 6. The fourth-order valence-corrected chi connectivity index (χ4v) is 2.42. The normalized spacial score (nSPS) is 14.1. The van der Waals surface area contributed by atoms with E-state index in [9.17, 15) is 38.7 Å². The number of carbonyl (C=O) groups is 7. The van der Waals surface area contributed by atoms with Crippen molar-refractivity contribution in [3.05, 3.63) is 0 Å². The minimum Gasteiger partial charge on any atom is -0.480 e. The van der Waals surface area contributed by atoms with Crippen LogP contribution in [0.4, 0.5) is 0 Å². The standard InChI is InChI=1S/C17H29N7O9/c18-7(6-25)14(29)22-8(1-3-11(19)26)15(30)24-10(5-13(21)28)16(31)23-9(17(32)33)2-4-12(20)27/h7-10,25H,1-6,18H2,(H2,19,26)(H2,20,27)(H2,21,28)(H,22,29)(H,23,31)(H,24,30)(H,32,33). The first-order chi connectivity index (χ1) is 15.3. The van der Waals surface area contributed by atoms with Crippen molar-refractivity contribution in [1.29, 1.82) is 0 Å². The van der Waals surface area contributed by atoms with Crippen LogP contribution in [0.3, 0.4) is 0 Å². The second-order valence-electron chi connectivity index (χ2n) is 6.99. The van der Waals surface area contributed by atoms with E-state index in [4.69, 9.17) is 28.0 Å². The van der Waals surface area contributed by atoms with E-state index in [-0.39, 0.29) is 25.7 Å². The summed E-state index contributed by atoms with van der Waals surface area (Å²) in [6.07, 6.45) is -2.13. The molecule has 0 fully saturated rings. The summed E-state index contributed by atoms with van der Waals surface area (Å²) in [6, 6.07) is -6.06. The summed E-state index contributed by atoms with van der Waals surface area (Å²) in [5.41, 5.74) is 20.5. The first kappa shape index (κ1) is 29.2. The number of carboxylic acids is 1. The van der Waals surface area contributed by atoms with E-state index in [1.165, 1.54) is 0 Å². The maximum absolute atomic E-state index is 12.6. The van der Waals surface area contributed by atoms with Gasteiger partial charge in [-0.05, 0) is 12.8 Å². The minimum atomic E-state index is -1.66. The quantitative estimate of drug-likeness (QED) is 0.102. The lowest BCUT2D eigenvalue weighted by atomic mass is 10.1. The predicted molar refractivity (Wildman–Crippen MR) is 109 cm³/mol. The van der Waals surface area contributed by atoms with Gasteiger partial charge in [0.05, 0.1) is 13.0 Å². The third-order valence-corrected chi connectivity index (χ3v) is 4.18. The van der Waals surface area contributed by atoms with E-state index in [1.54, 1.807) is 0 Å². The molecule has 0 spiro atoms. The van der Waals surface area contributed by atoms with E-state index >= 15 is 0 Å². The van der Waals surface area contributed by atoms with Crippen LogP contribution in [0, 0.1) is 0 Å². The number of aliphatic carboxylic acids is 1. The zero-order valence-corrected chi connectivity index (χ0v) is 17.6. The van der Waals surface area contributed by atoms with Crippen LogP contribution in [-0.2, 0) is 33.6 Å². The van der Waals surface area contributed by atoms with Gasteiger partial charge in [0.15, 0.2) is 0 Å². The lowest BCUT2D eigenvalue weighted by Gasteiger charge is -2.24. The molecule has 33 heavy (non-hydrogen) atoms. The summed E-state index contributed by atoms with van der Waals surface area (Å²) in [6.45, 7) is -0.745. The summed E-state index contributed by atoms with van der Waals surface area (Å²) >= 11 is 0. The molecule has 0 aromatic carbocycles. The molecular formula is C17H29N7O9. The summed E-state index contributed by atoms with van der Waals surface area (Å²) in [7, 11) is 0. The minimum absolute atomic E-state index is 0.313. The molecule has 0 aromatic heterocycles. The fourth-order valence-electron chi connectivity index (χ4n) is 2.42. The molecule has 0 aromatic rings. The molecule has 13 N–H and O–H groups in total. The molecule has 0 rings (SSSR count). The number of hydrogen-bond acceptors (Lipinski definition) is 9. The smallest absolute Gasteiger partial charge is 0.326 e. The summed E-state index contributed by atoms with van der Waals surface area (Å²) < 4.78 is 0. The lowest BCUT2D eigenvalue weighted by molar-refractivity contribution is -0.142. The number of primary amides is 3. The Morgan fingerprint density at radius 2 is 1.09 bits per heavy atom. The zero-order chi connectivity index (χ0) is 25.7. The van der Waals surface area contributed by atoms with Gasteiger partial charge < -0.3 is 49.1 Å². The van der Waals surface area contributed by atoms with E-state index in [1.807, 2.05) is 0 Å². The van der Waals surface area contributed by atoms with Gasteiger partial charge in [0.25, 0.3) is 0 Å². The molecule has 0 heterocycles. The van der Waals surface area contributed by atoms with Gasteiger partial charge in [0.2, 0.25) is 35.4 Å². The van der Waals surface area contributed by atoms with Crippen molar-refractivity contribution in [2.45, 2.75) is 56.3 Å². The molecule has 0 saturated heterocycles. The van der Waals surface area contributed by atoms with E-state index in [0.29, 0.717) is 0 Å². The molecule has 4 atom stereocenters. The highest BCUT2D eigenvalue weighted by atomic mass is 16.4. The monoisotopic (exact) mass is 475 g/mol. The maximum atomic E-state index is 12.6. The molecule has 16 heteroatoms. The SMILES string of the molecule is NC(=O)CCC(NC(=O)C(CC(N)=O)NC(=O)C(CCC(N)=O)NC(=O)C(N)CO)C(=O)O. The average molecular weight is 475 g/mol. The third-order valence-electron chi connectivity index (χ3n) is 4.18. The molecule has 4 unspecified atom stereocenters. The van der Waals surface area contributed by atoms with Gasteiger partial charge in [0.1, 0.15) is 24.2 Å². The van der Waals surface area contributed by atoms with Gasteiger partial charge in [-0.15, -0.1) is 0 Å². The van der Waals surface area contributed by atoms with Crippen LogP contribution >= 0.6 is 0 Å². The van der Waals surface area contributed by atoms with Crippen LogP contribution < -0.4 is 38.9 Å². The van der Waals surface area contributed by atoms with Crippen LogP contribution in [0.2, 0.25) is 0 Å². The zero-order valence-electron chi connectivity index (χ0n) is 17.6. The van der Waals surface area contributed by atoms with Crippen molar-refractivity contribution in [2.75, 3.05) is 6.61 Å². The predicted octanol–water partition coefficient (Wildman–Crippen LogP) is -5.75. The number of aliphatic hydroxyl groups excluding tert-OH is 1. The second-order valence-corrected chi connectivity index (χ2v) is 6.99.